The monoisotopic (exact) mass is 312 g/mol. The first-order valence-corrected chi connectivity index (χ1v) is 7.37. The Morgan fingerprint density at radius 2 is 1.53 bits per heavy atom. The van der Waals surface area contributed by atoms with Crippen LogP contribution in [0.5, 0.6) is 0 Å². The van der Waals surface area contributed by atoms with Crippen molar-refractivity contribution in [2.24, 2.45) is 0 Å². The number of rotatable bonds is 0. The van der Waals surface area contributed by atoms with E-state index in [1.54, 1.807) is 0 Å². The van der Waals surface area contributed by atoms with E-state index in [1.807, 2.05) is 0 Å². The largest absolute Gasteiger partial charge is 0.0616 e. The maximum atomic E-state index is 3.76. The van der Waals surface area contributed by atoms with Gasteiger partial charge in [0.25, 0.3) is 0 Å². The molecular formula is C18H17Br. The molecule has 0 aliphatic heterocycles. The fourth-order valence-electron chi connectivity index (χ4n) is 2.53. The van der Waals surface area contributed by atoms with Crippen molar-refractivity contribution < 1.29 is 0 Å². The highest BCUT2D eigenvalue weighted by atomic mass is 79.9. The zero-order valence-electron chi connectivity index (χ0n) is 11.5. The van der Waals surface area contributed by atoms with E-state index in [0.717, 1.165) is 0 Å². The minimum Gasteiger partial charge on any atom is -0.0616 e. The van der Waals surface area contributed by atoms with E-state index in [9.17, 15) is 0 Å². The molecule has 0 bridgehead atoms. The molecule has 0 heterocycles. The van der Waals surface area contributed by atoms with Crippen LogP contribution in [0, 0.1) is 0 Å². The van der Waals surface area contributed by atoms with Gasteiger partial charge in [0.1, 0.15) is 0 Å². The van der Waals surface area contributed by atoms with E-state index < -0.39 is 0 Å². The lowest BCUT2D eigenvalue weighted by Gasteiger charge is -2.20. The Morgan fingerprint density at radius 3 is 2.26 bits per heavy atom. The lowest BCUT2D eigenvalue weighted by molar-refractivity contribution is 0.591. The second kappa shape index (κ2) is 4.35. The summed E-state index contributed by atoms with van der Waals surface area (Å²) in [6.07, 6.45) is 0. The van der Waals surface area contributed by atoms with Crippen LogP contribution in [-0.4, -0.2) is 0 Å². The van der Waals surface area contributed by atoms with Gasteiger partial charge in [-0.25, -0.2) is 0 Å². The van der Waals surface area contributed by atoms with Crippen LogP contribution in [0.4, 0.5) is 0 Å². The maximum absolute atomic E-state index is 3.76. The summed E-state index contributed by atoms with van der Waals surface area (Å²) in [5.41, 5.74) is 1.53. The maximum Gasteiger partial charge on any atom is 0.0262 e. The molecule has 0 aliphatic rings. The molecule has 0 N–H and O–H groups in total. The number of benzene rings is 3. The summed E-state index contributed by atoms with van der Waals surface area (Å²) in [5, 5.41) is 5.22. The molecule has 3 aromatic carbocycles. The van der Waals surface area contributed by atoms with Gasteiger partial charge in [-0.3, -0.25) is 0 Å². The van der Waals surface area contributed by atoms with Crippen LogP contribution in [-0.2, 0) is 5.41 Å². The van der Waals surface area contributed by atoms with Gasteiger partial charge in [-0.15, -0.1) is 0 Å². The second-order valence-corrected chi connectivity index (χ2v) is 6.95. The third kappa shape index (κ3) is 2.17. The van der Waals surface area contributed by atoms with Gasteiger partial charge in [0.05, 0.1) is 0 Å². The van der Waals surface area contributed by atoms with Crippen LogP contribution in [0.3, 0.4) is 0 Å². The van der Waals surface area contributed by atoms with Gasteiger partial charge in [-0.05, 0) is 33.2 Å². The Morgan fingerprint density at radius 1 is 0.842 bits per heavy atom. The van der Waals surface area contributed by atoms with Crippen LogP contribution >= 0.6 is 15.9 Å². The molecule has 0 unspecified atom stereocenters. The van der Waals surface area contributed by atoms with Gasteiger partial charge >= 0.3 is 0 Å². The van der Waals surface area contributed by atoms with Crippen LogP contribution < -0.4 is 0 Å². The van der Waals surface area contributed by atoms with Crippen LogP contribution in [0.1, 0.15) is 26.3 Å². The summed E-state index contributed by atoms with van der Waals surface area (Å²) >= 11 is 3.76. The van der Waals surface area contributed by atoms with Crippen LogP contribution in [0.15, 0.2) is 53.0 Å². The van der Waals surface area contributed by atoms with Gasteiger partial charge in [0.2, 0.25) is 0 Å². The fraction of sp³-hybridized carbons (Fsp3) is 0.222. The molecule has 0 aromatic heterocycles. The molecule has 3 aromatic rings. The van der Waals surface area contributed by atoms with Gasteiger partial charge < -0.3 is 0 Å². The molecule has 0 aliphatic carbocycles. The van der Waals surface area contributed by atoms with E-state index >= 15 is 0 Å². The molecule has 0 fully saturated rings. The number of hydrogen-bond acceptors (Lipinski definition) is 0. The van der Waals surface area contributed by atoms with Crippen molar-refractivity contribution in [1.82, 2.24) is 0 Å². The van der Waals surface area contributed by atoms with E-state index in [0.29, 0.717) is 0 Å². The van der Waals surface area contributed by atoms with Crippen molar-refractivity contribution in [3.8, 4) is 0 Å². The molecule has 96 valence electrons. The Balaban J connectivity index is 2.43. The van der Waals surface area contributed by atoms with Crippen molar-refractivity contribution in [1.29, 1.82) is 0 Å². The molecule has 0 amide bonds. The molecule has 0 saturated heterocycles. The Bertz CT molecular complexity index is 764. The normalized spacial score (nSPS) is 12.2. The Labute approximate surface area is 122 Å². The molecule has 19 heavy (non-hydrogen) atoms. The van der Waals surface area contributed by atoms with Crippen LogP contribution in [0.2, 0.25) is 0 Å². The van der Waals surface area contributed by atoms with E-state index in [1.165, 1.54) is 31.6 Å². The number of hydrogen-bond donors (Lipinski definition) is 0. The fourth-order valence-corrected chi connectivity index (χ4v) is 3.22. The highest BCUT2D eigenvalue weighted by Gasteiger charge is 2.16. The van der Waals surface area contributed by atoms with Crippen molar-refractivity contribution in [3.05, 3.63) is 58.6 Å². The molecule has 0 spiro atoms. The summed E-state index contributed by atoms with van der Waals surface area (Å²) in [6, 6.07) is 17.5. The summed E-state index contributed by atoms with van der Waals surface area (Å²) < 4.78 is 1.19. The summed E-state index contributed by atoms with van der Waals surface area (Å²) in [4.78, 5) is 0. The number of fused-ring (bicyclic) bond motifs is 3. The molecule has 0 nitrogen and oxygen atoms in total. The quantitative estimate of drug-likeness (QED) is 0.443. The van der Waals surface area contributed by atoms with Gasteiger partial charge in [-0.1, -0.05) is 79.2 Å². The summed E-state index contributed by atoms with van der Waals surface area (Å²) in [5.74, 6) is 0. The first kappa shape index (κ1) is 12.7. The standard InChI is InChI=1S/C18H17Br/c1-18(2,3)14-10-13-9-8-12-6-4-5-7-15(12)17(13)16(19)11-14/h4-11H,1-3H3. The Kier molecular flexibility index (Phi) is 2.90. The molecule has 0 atom stereocenters. The first-order chi connectivity index (χ1) is 8.97. The first-order valence-electron chi connectivity index (χ1n) is 6.58. The lowest BCUT2D eigenvalue weighted by atomic mass is 9.85. The average molecular weight is 313 g/mol. The van der Waals surface area contributed by atoms with Gasteiger partial charge in [-0.2, -0.15) is 0 Å². The zero-order chi connectivity index (χ0) is 13.6. The van der Waals surface area contributed by atoms with E-state index in [-0.39, 0.29) is 5.41 Å². The second-order valence-electron chi connectivity index (χ2n) is 6.09. The summed E-state index contributed by atoms with van der Waals surface area (Å²) in [6.45, 7) is 6.75. The predicted molar refractivity (Wildman–Crippen MR) is 87.9 cm³/mol. The predicted octanol–water partition coefficient (Wildman–Crippen LogP) is 6.05. The molecule has 0 saturated carbocycles. The van der Waals surface area contributed by atoms with E-state index in [2.05, 4.69) is 85.2 Å². The zero-order valence-corrected chi connectivity index (χ0v) is 13.1. The van der Waals surface area contributed by atoms with Crippen molar-refractivity contribution >= 4 is 37.5 Å². The SMILES string of the molecule is CC(C)(C)c1cc(Br)c2c(ccc3ccccc32)c1. The topological polar surface area (TPSA) is 0 Å². The van der Waals surface area contributed by atoms with Crippen molar-refractivity contribution in [2.75, 3.05) is 0 Å². The minimum absolute atomic E-state index is 0.169. The Hall–Kier alpha value is -1.34. The smallest absolute Gasteiger partial charge is 0.0262 e. The molecule has 3 rings (SSSR count). The summed E-state index contributed by atoms with van der Waals surface area (Å²) in [7, 11) is 0. The van der Waals surface area contributed by atoms with Crippen molar-refractivity contribution in [2.45, 2.75) is 26.2 Å². The highest BCUT2D eigenvalue weighted by molar-refractivity contribution is 9.10. The van der Waals surface area contributed by atoms with Gasteiger partial charge in [0, 0.05) is 9.86 Å². The van der Waals surface area contributed by atoms with E-state index in [4.69, 9.17) is 0 Å². The number of halogens is 1. The third-order valence-corrected chi connectivity index (χ3v) is 4.28. The molecular weight excluding hydrogens is 296 g/mol. The van der Waals surface area contributed by atoms with Gasteiger partial charge in [0.15, 0.2) is 0 Å². The molecule has 0 radical (unpaired) electrons. The highest BCUT2D eigenvalue weighted by Crippen LogP contribution is 2.35. The minimum atomic E-state index is 0.169. The average Bonchev–Trinajstić information content (AvgIpc) is 2.37. The molecule has 1 heteroatoms. The van der Waals surface area contributed by atoms with Crippen LogP contribution in [0.25, 0.3) is 21.5 Å². The van der Waals surface area contributed by atoms with Crippen molar-refractivity contribution in [3.63, 3.8) is 0 Å². The lowest BCUT2D eigenvalue weighted by Crippen LogP contribution is -2.10. The third-order valence-electron chi connectivity index (χ3n) is 3.66.